The molecule has 0 spiro atoms. The van der Waals surface area contributed by atoms with Crippen molar-refractivity contribution in [3.8, 4) is 5.75 Å². The largest absolute Gasteiger partial charge is 0.573 e. The molecule has 0 saturated heterocycles. The van der Waals surface area contributed by atoms with Gasteiger partial charge in [-0.1, -0.05) is 15.9 Å². The first-order chi connectivity index (χ1) is 11.2. The average Bonchev–Trinajstić information content (AvgIpc) is 2.46. The van der Waals surface area contributed by atoms with E-state index in [1.54, 1.807) is 0 Å². The molecular weight excluding hydrogens is 421 g/mol. The van der Waals surface area contributed by atoms with Gasteiger partial charge in [-0.3, -0.25) is 10.1 Å². The normalized spacial score (nSPS) is 11.2. The fraction of sp³-hybridized carbons (Fsp3) is 0.167. The van der Waals surface area contributed by atoms with E-state index in [0.29, 0.717) is 4.47 Å². The molecule has 24 heavy (non-hydrogen) atoms. The van der Waals surface area contributed by atoms with E-state index in [2.05, 4.69) is 36.0 Å². The lowest BCUT2D eigenvalue weighted by Crippen LogP contribution is -2.18. The van der Waals surface area contributed by atoms with Crippen molar-refractivity contribution in [2.75, 3.05) is 5.32 Å². The van der Waals surface area contributed by atoms with E-state index in [9.17, 15) is 23.3 Å². The van der Waals surface area contributed by atoms with Crippen molar-refractivity contribution < 1.29 is 22.8 Å². The van der Waals surface area contributed by atoms with Gasteiger partial charge in [0.25, 0.3) is 0 Å². The summed E-state index contributed by atoms with van der Waals surface area (Å²) in [5.74, 6) is -0.668. The molecule has 0 aliphatic carbocycles. The van der Waals surface area contributed by atoms with Crippen LogP contribution < -0.4 is 10.1 Å². The molecule has 0 amide bonds. The molecule has 128 valence electrons. The Morgan fingerprint density at radius 1 is 1.42 bits per heavy atom. The fourth-order valence-electron chi connectivity index (χ4n) is 1.71. The van der Waals surface area contributed by atoms with Crippen molar-refractivity contribution in [2.45, 2.75) is 12.9 Å². The quantitative estimate of drug-likeness (QED) is 0.434. The van der Waals surface area contributed by atoms with Gasteiger partial charge in [0.05, 0.1) is 4.92 Å². The van der Waals surface area contributed by atoms with Crippen molar-refractivity contribution >= 4 is 39.0 Å². The molecule has 1 aromatic heterocycles. The molecule has 0 aliphatic heterocycles. The van der Waals surface area contributed by atoms with Crippen LogP contribution in [0.1, 0.15) is 5.56 Å². The van der Waals surface area contributed by atoms with Gasteiger partial charge in [0.1, 0.15) is 11.9 Å². The van der Waals surface area contributed by atoms with Crippen LogP contribution in [-0.2, 0) is 6.54 Å². The zero-order valence-electron chi connectivity index (χ0n) is 11.5. The van der Waals surface area contributed by atoms with Gasteiger partial charge in [-0.15, -0.1) is 13.2 Å². The summed E-state index contributed by atoms with van der Waals surface area (Å²) in [6.45, 7) is -0.223. The highest BCUT2D eigenvalue weighted by molar-refractivity contribution is 9.10. The topological polar surface area (TPSA) is 90.2 Å². The number of anilines is 1. The highest BCUT2D eigenvalue weighted by Crippen LogP contribution is 2.30. The van der Waals surface area contributed by atoms with E-state index in [0.717, 1.165) is 12.3 Å². The van der Waals surface area contributed by atoms with E-state index in [4.69, 9.17) is 11.6 Å². The second-order valence-corrected chi connectivity index (χ2v) is 5.54. The number of nitro groups is 1. The van der Waals surface area contributed by atoms with Crippen LogP contribution in [-0.4, -0.2) is 21.3 Å². The van der Waals surface area contributed by atoms with Gasteiger partial charge in [-0.25, -0.2) is 4.98 Å². The minimum atomic E-state index is -4.87. The molecular formula is C12H7BrClF3N4O3. The van der Waals surface area contributed by atoms with Crippen LogP contribution in [0.4, 0.5) is 24.7 Å². The number of nitrogens with one attached hydrogen (secondary N) is 1. The molecule has 1 heterocycles. The lowest BCUT2D eigenvalue weighted by Gasteiger charge is -2.14. The first-order valence-corrected chi connectivity index (χ1v) is 7.28. The summed E-state index contributed by atoms with van der Waals surface area (Å²) in [5.41, 5.74) is -0.363. The van der Waals surface area contributed by atoms with Crippen molar-refractivity contribution in [3.63, 3.8) is 0 Å². The van der Waals surface area contributed by atoms with Crippen LogP contribution in [0, 0.1) is 10.1 Å². The summed E-state index contributed by atoms with van der Waals surface area (Å²) in [6.07, 6.45) is -3.97. The van der Waals surface area contributed by atoms with Gasteiger partial charge >= 0.3 is 12.0 Å². The lowest BCUT2D eigenvalue weighted by molar-refractivity contribution is -0.384. The van der Waals surface area contributed by atoms with Gasteiger partial charge in [0.15, 0.2) is 0 Å². The second-order valence-electron chi connectivity index (χ2n) is 4.28. The van der Waals surface area contributed by atoms with Crippen LogP contribution in [0.5, 0.6) is 5.75 Å². The number of nitrogens with zero attached hydrogens (tertiary/aromatic N) is 3. The zero-order chi connectivity index (χ0) is 17.9. The maximum Gasteiger partial charge on any atom is 0.573 e. The minimum absolute atomic E-state index is 0.103. The molecule has 7 nitrogen and oxygen atoms in total. The summed E-state index contributed by atoms with van der Waals surface area (Å²) in [5, 5.41) is 13.2. The Hall–Kier alpha value is -2.14. The summed E-state index contributed by atoms with van der Waals surface area (Å²) in [7, 11) is 0. The van der Waals surface area contributed by atoms with Crippen LogP contribution in [0.25, 0.3) is 0 Å². The Morgan fingerprint density at radius 3 is 2.75 bits per heavy atom. The minimum Gasteiger partial charge on any atom is -0.405 e. The standard InChI is InChI=1S/C12H7BrClF3N4O3/c13-7-1-2-9(24-12(15,16)17)6(3-7)4-18-10-8(21(22)23)5-19-11(14)20-10/h1-3,5H,4H2,(H,18,19,20). The number of hydrogen-bond donors (Lipinski definition) is 1. The maximum atomic E-state index is 12.4. The van der Waals surface area contributed by atoms with Crippen LogP contribution in [0.3, 0.4) is 0 Å². The number of hydrogen-bond acceptors (Lipinski definition) is 6. The Balaban J connectivity index is 2.28. The third kappa shape index (κ3) is 4.93. The number of ether oxygens (including phenoxy) is 1. The summed E-state index contributed by atoms with van der Waals surface area (Å²) < 4.78 is 41.7. The van der Waals surface area contributed by atoms with Crippen molar-refractivity contribution in [1.82, 2.24) is 9.97 Å². The molecule has 2 rings (SSSR count). The van der Waals surface area contributed by atoms with Gasteiger partial charge in [0, 0.05) is 16.6 Å². The van der Waals surface area contributed by atoms with Crippen LogP contribution in [0.15, 0.2) is 28.9 Å². The van der Waals surface area contributed by atoms with E-state index in [-0.39, 0.29) is 23.2 Å². The van der Waals surface area contributed by atoms with Crippen LogP contribution in [0.2, 0.25) is 5.28 Å². The second kappa shape index (κ2) is 7.18. The molecule has 0 unspecified atom stereocenters. The highest BCUT2D eigenvalue weighted by atomic mass is 79.9. The average molecular weight is 428 g/mol. The number of aromatic nitrogens is 2. The summed E-state index contributed by atoms with van der Waals surface area (Å²) >= 11 is 8.71. The van der Waals surface area contributed by atoms with E-state index < -0.39 is 22.7 Å². The first-order valence-electron chi connectivity index (χ1n) is 6.10. The van der Waals surface area contributed by atoms with Gasteiger partial charge < -0.3 is 10.1 Å². The number of benzene rings is 1. The Bertz CT molecular complexity index is 776. The highest BCUT2D eigenvalue weighted by Gasteiger charge is 2.32. The summed E-state index contributed by atoms with van der Waals surface area (Å²) in [4.78, 5) is 17.3. The smallest absolute Gasteiger partial charge is 0.405 e. The molecule has 0 bridgehead atoms. The van der Waals surface area contributed by atoms with E-state index in [1.807, 2.05) is 0 Å². The Labute approximate surface area is 146 Å². The predicted octanol–water partition coefficient (Wildman–Crippen LogP) is 4.31. The molecule has 1 aromatic carbocycles. The predicted molar refractivity (Wildman–Crippen MR) is 81.8 cm³/mol. The SMILES string of the molecule is O=[N+]([O-])c1cnc(Cl)nc1NCc1cc(Br)ccc1OC(F)(F)F. The summed E-state index contributed by atoms with van der Waals surface area (Å²) in [6, 6.07) is 3.87. The number of halogens is 5. The molecule has 0 aliphatic rings. The number of alkyl halides is 3. The molecule has 0 fully saturated rings. The van der Waals surface area contributed by atoms with Gasteiger partial charge in [-0.05, 0) is 29.8 Å². The van der Waals surface area contributed by atoms with Crippen LogP contribution >= 0.6 is 27.5 Å². The molecule has 12 heteroatoms. The van der Waals surface area contributed by atoms with E-state index >= 15 is 0 Å². The molecule has 0 radical (unpaired) electrons. The first kappa shape index (κ1) is 18.2. The number of rotatable bonds is 5. The Morgan fingerprint density at radius 2 is 2.12 bits per heavy atom. The van der Waals surface area contributed by atoms with Gasteiger partial charge in [-0.2, -0.15) is 4.98 Å². The molecule has 0 atom stereocenters. The van der Waals surface area contributed by atoms with E-state index in [1.165, 1.54) is 12.1 Å². The maximum absolute atomic E-state index is 12.4. The lowest BCUT2D eigenvalue weighted by atomic mass is 10.2. The molecule has 0 saturated carbocycles. The zero-order valence-corrected chi connectivity index (χ0v) is 13.8. The van der Waals surface area contributed by atoms with Crippen molar-refractivity contribution in [3.05, 3.63) is 49.8 Å². The third-order valence-electron chi connectivity index (χ3n) is 2.63. The van der Waals surface area contributed by atoms with Crippen molar-refractivity contribution in [1.29, 1.82) is 0 Å². The fourth-order valence-corrected chi connectivity index (χ4v) is 2.25. The molecule has 2 aromatic rings. The monoisotopic (exact) mass is 426 g/mol. The van der Waals surface area contributed by atoms with Gasteiger partial charge in [0.2, 0.25) is 11.1 Å². The molecule has 1 N–H and O–H groups in total. The Kier molecular flexibility index (Phi) is 5.44. The third-order valence-corrected chi connectivity index (χ3v) is 3.31. The van der Waals surface area contributed by atoms with Crippen molar-refractivity contribution in [2.24, 2.45) is 0 Å².